The van der Waals surface area contributed by atoms with Gasteiger partial charge in [0.15, 0.2) is 0 Å². The second-order valence-corrected chi connectivity index (χ2v) is 5.28. The predicted molar refractivity (Wildman–Crippen MR) is 75.0 cm³/mol. The molecule has 2 rings (SSSR count). The minimum atomic E-state index is -0.743. The van der Waals surface area contributed by atoms with Crippen LogP contribution in [0.3, 0.4) is 0 Å². The lowest BCUT2D eigenvalue weighted by Crippen LogP contribution is -2.39. The molecule has 104 valence electrons. The van der Waals surface area contributed by atoms with E-state index >= 15 is 0 Å². The Morgan fingerprint density at radius 2 is 1.95 bits per heavy atom. The van der Waals surface area contributed by atoms with E-state index in [1.807, 2.05) is 30.3 Å². The van der Waals surface area contributed by atoms with E-state index in [-0.39, 0.29) is 0 Å². The molecule has 1 heterocycles. The van der Waals surface area contributed by atoms with E-state index in [9.17, 15) is 9.90 Å². The molecule has 1 atom stereocenters. The largest absolute Gasteiger partial charge is 0.481 e. The predicted octanol–water partition coefficient (Wildman–Crippen LogP) is 1.53. The van der Waals surface area contributed by atoms with Crippen molar-refractivity contribution >= 4 is 5.97 Å². The van der Waals surface area contributed by atoms with Crippen LogP contribution in [0, 0.1) is 5.92 Å². The van der Waals surface area contributed by atoms with Gasteiger partial charge in [-0.15, -0.1) is 0 Å². The van der Waals surface area contributed by atoms with Gasteiger partial charge in [0.25, 0.3) is 0 Å². The molecule has 0 radical (unpaired) electrons. The fourth-order valence-corrected chi connectivity index (χ4v) is 2.67. The maximum atomic E-state index is 11.4. The lowest BCUT2D eigenvalue weighted by Gasteiger charge is -2.33. The third kappa shape index (κ3) is 3.78. The van der Waals surface area contributed by atoms with Crippen molar-refractivity contribution in [2.24, 2.45) is 11.7 Å². The minimum Gasteiger partial charge on any atom is -0.481 e. The van der Waals surface area contributed by atoms with Crippen LogP contribution >= 0.6 is 0 Å². The number of carboxylic acids is 1. The molecule has 1 unspecified atom stereocenters. The van der Waals surface area contributed by atoms with Gasteiger partial charge in [-0.05, 0) is 44.0 Å². The Bertz CT molecular complexity index is 400. The molecule has 1 fully saturated rings. The summed E-state index contributed by atoms with van der Waals surface area (Å²) in [4.78, 5) is 13.7. The minimum absolute atomic E-state index is 0.435. The van der Waals surface area contributed by atoms with E-state index in [4.69, 9.17) is 5.73 Å². The lowest BCUT2D eigenvalue weighted by molar-refractivity contribution is -0.139. The number of nitrogens with two attached hydrogens (primary N) is 1. The number of benzene rings is 1. The third-order valence-electron chi connectivity index (χ3n) is 3.98. The Morgan fingerprint density at radius 1 is 1.32 bits per heavy atom. The summed E-state index contributed by atoms with van der Waals surface area (Å²) >= 11 is 0. The smallest absolute Gasteiger partial charge is 0.312 e. The summed E-state index contributed by atoms with van der Waals surface area (Å²) < 4.78 is 0. The van der Waals surface area contributed by atoms with Crippen LogP contribution in [0.25, 0.3) is 0 Å². The number of piperidine rings is 1. The van der Waals surface area contributed by atoms with Gasteiger partial charge in [-0.3, -0.25) is 4.79 Å². The summed E-state index contributed by atoms with van der Waals surface area (Å²) in [6.07, 6.45) is 2.16. The fourth-order valence-electron chi connectivity index (χ4n) is 2.67. The zero-order valence-corrected chi connectivity index (χ0v) is 11.2. The fraction of sp³-hybridized carbons (Fsp3) is 0.533. The second kappa shape index (κ2) is 6.68. The van der Waals surface area contributed by atoms with Crippen molar-refractivity contribution in [3.63, 3.8) is 0 Å². The first-order valence-electron chi connectivity index (χ1n) is 6.91. The molecule has 0 aliphatic carbocycles. The Kier molecular flexibility index (Phi) is 4.93. The first-order chi connectivity index (χ1) is 9.20. The molecule has 1 aromatic carbocycles. The van der Waals surface area contributed by atoms with Crippen LogP contribution in [-0.4, -0.2) is 42.2 Å². The topological polar surface area (TPSA) is 66.6 Å². The Morgan fingerprint density at radius 3 is 2.47 bits per heavy atom. The molecule has 1 aliphatic heterocycles. The number of carbonyl (C=O) groups is 1. The van der Waals surface area contributed by atoms with Gasteiger partial charge in [-0.2, -0.15) is 0 Å². The molecule has 0 spiro atoms. The number of nitrogens with zero attached hydrogens (tertiary/aromatic N) is 1. The zero-order valence-electron chi connectivity index (χ0n) is 11.2. The van der Waals surface area contributed by atoms with Gasteiger partial charge >= 0.3 is 5.97 Å². The number of likely N-dealkylation sites (tertiary alicyclic amines) is 1. The van der Waals surface area contributed by atoms with Crippen molar-refractivity contribution in [2.75, 3.05) is 26.2 Å². The Balaban J connectivity index is 1.97. The first kappa shape index (κ1) is 14.0. The summed E-state index contributed by atoms with van der Waals surface area (Å²) in [5.74, 6) is -0.570. The standard InChI is InChI=1S/C15H22N2O2/c16-10-12-6-8-17(9-7-12)11-14(15(18)19)13-4-2-1-3-5-13/h1-5,12,14H,6-11,16H2,(H,18,19). The molecular weight excluding hydrogens is 240 g/mol. The maximum absolute atomic E-state index is 11.4. The monoisotopic (exact) mass is 262 g/mol. The van der Waals surface area contributed by atoms with Gasteiger partial charge in [-0.1, -0.05) is 30.3 Å². The quantitative estimate of drug-likeness (QED) is 0.844. The molecule has 1 saturated heterocycles. The molecule has 0 bridgehead atoms. The van der Waals surface area contributed by atoms with Gasteiger partial charge in [0, 0.05) is 6.54 Å². The molecule has 3 N–H and O–H groups in total. The Hall–Kier alpha value is -1.39. The van der Waals surface area contributed by atoms with Crippen molar-refractivity contribution in [3.05, 3.63) is 35.9 Å². The van der Waals surface area contributed by atoms with Gasteiger partial charge in [-0.25, -0.2) is 0 Å². The molecule has 19 heavy (non-hydrogen) atoms. The first-order valence-corrected chi connectivity index (χ1v) is 6.91. The van der Waals surface area contributed by atoms with Crippen LogP contribution < -0.4 is 5.73 Å². The van der Waals surface area contributed by atoms with E-state index in [1.165, 1.54) is 0 Å². The van der Waals surface area contributed by atoms with E-state index in [0.29, 0.717) is 12.5 Å². The van der Waals surface area contributed by atoms with E-state index in [2.05, 4.69) is 4.90 Å². The summed E-state index contributed by atoms with van der Waals surface area (Å²) in [7, 11) is 0. The molecule has 0 aromatic heterocycles. The zero-order chi connectivity index (χ0) is 13.7. The van der Waals surface area contributed by atoms with Gasteiger partial charge in [0.05, 0.1) is 5.92 Å². The average molecular weight is 262 g/mol. The molecular formula is C15H22N2O2. The highest BCUT2D eigenvalue weighted by atomic mass is 16.4. The van der Waals surface area contributed by atoms with Crippen molar-refractivity contribution < 1.29 is 9.90 Å². The lowest BCUT2D eigenvalue weighted by atomic mass is 9.94. The molecule has 4 nitrogen and oxygen atoms in total. The molecule has 0 amide bonds. The van der Waals surface area contributed by atoms with E-state index in [0.717, 1.165) is 38.0 Å². The summed E-state index contributed by atoms with van der Waals surface area (Å²) in [5.41, 5.74) is 6.56. The van der Waals surface area contributed by atoms with Crippen molar-refractivity contribution in [3.8, 4) is 0 Å². The van der Waals surface area contributed by atoms with Crippen molar-refractivity contribution in [1.29, 1.82) is 0 Å². The normalized spacial score (nSPS) is 19.2. The van der Waals surface area contributed by atoms with Gasteiger partial charge in [0.2, 0.25) is 0 Å². The highest BCUT2D eigenvalue weighted by molar-refractivity contribution is 5.76. The van der Waals surface area contributed by atoms with Crippen LogP contribution in [-0.2, 0) is 4.79 Å². The SMILES string of the molecule is NCC1CCN(CC(C(=O)O)c2ccccc2)CC1. The molecule has 4 heteroatoms. The van der Waals surface area contributed by atoms with Crippen molar-refractivity contribution in [2.45, 2.75) is 18.8 Å². The third-order valence-corrected chi connectivity index (χ3v) is 3.98. The highest BCUT2D eigenvalue weighted by Crippen LogP contribution is 2.21. The number of rotatable bonds is 5. The van der Waals surface area contributed by atoms with Crippen LogP contribution in [0.5, 0.6) is 0 Å². The van der Waals surface area contributed by atoms with E-state index in [1.54, 1.807) is 0 Å². The van der Waals surface area contributed by atoms with E-state index < -0.39 is 11.9 Å². The average Bonchev–Trinajstić information content (AvgIpc) is 2.46. The number of hydrogen-bond donors (Lipinski definition) is 2. The maximum Gasteiger partial charge on any atom is 0.312 e. The molecule has 0 saturated carbocycles. The number of aliphatic carboxylic acids is 1. The number of hydrogen-bond acceptors (Lipinski definition) is 3. The summed E-state index contributed by atoms with van der Waals surface area (Å²) in [6.45, 7) is 3.25. The van der Waals surface area contributed by atoms with Crippen LogP contribution in [0.2, 0.25) is 0 Å². The number of carboxylic acid groups (broad SMARTS) is 1. The van der Waals surface area contributed by atoms with Crippen LogP contribution in [0.15, 0.2) is 30.3 Å². The molecule has 1 aromatic rings. The van der Waals surface area contributed by atoms with Crippen LogP contribution in [0.1, 0.15) is 24.3 Å². The van der Waals surface area contributed by atoms with Gasteiger partial charge in [0.1, 0.15) is 0 Å². The molecule has 1 aliphatic rings. The van der Waals surface area contributed by atoms with Crippen LogP contribution in [0.4, 0.5) is 0 Å². The summed E-state index contributed by atoms with van der Waals surface area (Å²) in [6, 6.07) is 9.49. The summed E-state index contributed by atoms with van der Waals surface area (Å²) in [5, 5.41) is 9.41. The Labute approximate surface area is 114 Å². The highest BCUT2D eigenvalue weighted by Gasteiger charge is 2.25. The van der Waals surface area contributed by atoms with Gasteiger partial charge < -0.3 is 15.7 Å². The van der Waals surface area contributed by atoms with Crippen molar-refractivity contribution in [1.82, 2.24) is 4.90 Å². The second-order valence-electron chi connectivity index (χ2n) is 5.28.